The van der Waals surface area contributed by atoms with E-state index in [4.69, 9.17) is 15.2 Å². The molecule has 2 aliphatic rings. The lowest BCUT2D eigenvalue weighted by molar-refractivity contribution is -0.141. The Kier molecular flexibility index (Phi) is 18.0. The summed E-state index contributed by atoms with van der Waals surface area (Å²) in [5, 5.41) is 5.38. The zero-order chi connectivity index (χ0) is 51.1. The van der Waals surface area contributed by atoms with Crippen molar-refractivity contribution in [2.75, 3.05) is 24.6 Å². The number of nitrogens with zero attached hydrogens (tertiary/aromatic N) is 1. The minimum absolute atomic E-state index is 0.0877. The molecule has 0 aromatic heterocycles. The summed E-state index contributed by atoms with van der Waals surface area (Å²) in [6.45, 7) is 2.15. The fourth-order valence-corrected chi connectivity index (χ4v) is 9.65. The summed E-state index contributed by atoms with van der Waals surface area (Å²) in [5.74, 6) is -4.70. The lowest BCUT2D eigenvalue weighted by Crippen LogP contribution is -2.42. The normalized spacial score (nSPS) is 16.1. The molecule has 3 unspecified atom stereocenters. The van der Waals surface area contributed by atoms with E-state index in [1.807, 2.05) is 36.4 Å². The van der Waals surface area contributed by atoms with Crippen LogP contribution in [0, 0.1) is 17.8 Å². The van der Waals surface area contributed by atoms with Crippen LogP contribution < -0.4 is 25.8 Å². The van der Waals surface area contributed by atoms with Crippen LogP contribution in [0.25, 0.3) is 0 Å². The highest BCUT2D eigenvalue weighted by atomic mass is 32.2. The molecule has 0 radical (unpaired) electrons. The maximum absolute atomic E-state index is 13.7. The lowest BCUT2D eigenvalue weighted by atomic mass is 9.85. The molecule has 1 heterocycles. The molecule has 1 saturated carbocycles. The number of nitrogens with one attached hydrogen (secondary N) is 2. The van der Waals surface area contributed by atoms with Crippen molar-refractivity contribution in [2.24, 2.45) is 23.5 Å². The molecule has 372 valence electrons. The Morgan fingerprint density at radius 3 is 1.68 bits per heavy atom. The van der Waals surface area contributed by atoms with E-state index in [1.165, 1.54) is 11.8 Å². The molecule has 4 N–H and O–H groups in total. The van der Waals surface area contributed by atoms with Gasteiger partial charge in [0, 0.05) is 83.7 Å². The van der Waals surface area contributed by atoms with E-state index < -0.39 is 53.3 Å². The fraction of sp³-hybridized carbons (Fsp3) is 0.304. The van der Waals surface area contributed by atoms with Gasteiger partial charge in [-0.1, -0.05) is 123 Å². The minimum Gasteiger partial charge on any atom is -0.489 e. The van der Waals surface area contributed by atoms with Gasteiger partial charge in [0.25, 0.3) is 5.91 Å². The second-order valence-corrected chi connectivity index (χ2v) is 18.9. The summed E-state index contributed by atoms with van der Waals surface area (Å²) in [6.07, 6.45) is 1.69. The monoisotopic (exact) mass is 992 g/mol. The number of unbranched alkanes of at least 4 members (excludes halogenated alkanes) is 2. The van der Waals surface area contributed by atoms with Crippen molar-refractivity contribution in [3.63, 3.8) is 0 Å². The Morgan fingerprint density at radius 2 is 1.17 bits per heavy atom. The molecule has 0 spiro atoms. The highest BCUT2D eigenvalue weighted by molar-refractivity contribution is 7.99. The molecular weight excluding hydrogens is 937 g/mol. The zero-order valence-corrected chi connectivity index (χ0v) is 40.7. The summed E-state index contributed by atoms with van der Waals surface area (Å²) < 4.78 is 12.3. The van der Waals surface area contributed by atoms with Gasteiger partial charge in [0.1, 0.15) is 30.8 Å². The van der Waals surface area contributed by atoms with Gasteiger partial charge in [-0.3, -0.25) is 48.1 Å². The number of amides is 5. The number of Topliss-reactive ketones (excluding diaryl/α,β-unsaturated/α-hetero) is 2. The molecule has 16 heteroatoms. The number of primary amides is 1. The SMILES string of the molecule is CC1C(=O)N(CCCCCC(=O)NC2C(=O)CCC2=O)C(=O)C1C(CSCCNC(=O)c1cc(OCc2ccc(C(=O)c3ccccc3)cc2)cc(OCc2ccc(C(=O)c3ccccc3)cc2)c1)C(N)=O. The van der Waals surface area contributed by atoms with Crippen LogP contribution in [-0.2, 0) is 42.0 Å². The van der Waals surface area contributed by atoms with Gasteiger partial charge >= 0.3 is 0 Å². The number of thioether (sulfide) groups is 1. The molecule has 3 atom stereocenters. The maximum Gasteiger partial charge on any atom is 0.251 e. The summed E-state index contributed by atoms with van der Waals surface area (Å²) in [5.41, 5.74) is 9.86. The van der Waals surface area contributed by atoms with Crippen molar-refractivity contribution in [3.8, 4) is 11.5 Å². The first kappa shape index (κ1) is 52.1. The van der Waals surface area contributed by atoms with Crippen molar-refractivity contribution in [1.82, 2.24) is 15.5 Å². The predicted molar refractivity (Wildman–Crippen MR) is 269 cm³/mol. The van der Waals surface area contributed by atoms with E-state index in [-0.39, 0.29) is 80.0 Å². The molecule has 5 aromatic rings. The van der Waals surface area contributed by atoms with Gasteiger partial charge < -0.3 is 25.8 Å². The van der Waals surface area contributed by atoms with E-state index in [0.717, 1.165) is 16.0 Å². The Hall–Kier alpha value is -7.72. The zero-order valence-electron chi connectivity index (χ0n) is 39.8. The fourth-order valence-electron chi connectivity index (χ4n) is 8.62. The number of imide groups is 1. The number of nitrogens with two attached hydrogens (primary N) is 1. The van der Waals surface area contributed by atoms with Gasteiger partial charge in [-0.2, -0.15) is 11.8 Å². The molecule has 1 aliphatic carbocycles. The number of ketones is 4. The van der Waals surface area contributed by atoms with Crippen molar-refractivity contribution in [3.05, 3.63) is 166 Å². The van der Waals surface area contributed by atoms with Gasteiger partial charge in [-0.25, -0.2) is 0 Å². The number of benzene rings is 5. The molecule has 0 bridgehead atoms. The second kappa shape index (κ2) is 24.9. The quantitative estimate of drug-likeness (QED) is 0.0248. The largest absolute Gasteiger partial charge is 0.489 e. The molecule has 2 fully saturated rings. The van der Waals surface area contributed by atoms with Crippen molar-refractivity contribution < 1.29 is 52.6 Å². The van der Waals surface area contributed by atoms with Crippen LogP contribution in [0.3, 0.4) is 0 Å². The first-order chi connectivity index (χ1) is 34.8. The molecule has 1 aliphatic heterocycles. The molecule has 5 amide bonds. The minimum atomic E-state index is -1.07. The lowest BCUT2D eigenvalue weighted by Gasteiger charge is -2.21. The third-order valence-electron chi connectivity index (χ3n) is 12.7. The number of carbonyl (C=O) groups excluding carboxylic acids is 9. The van der Waals surface area contributed by atoms with Gasteiger partial charge in [-0.15, -0.1) is 0 Å². The van der Waals surface area contributed by atoms with Crippen LogP contribution in [0.4, 0.5) is 0 Å². The standard InChI is InChI=1S/C56H56N4O11S/c1-35-49(56(69)60(55(35)68)27-10-4-9-15-48(63)59-50-46(61)24-25-47(50)62)45(53(57)66)34-72-28-26-58-54(67)42-29-43(70-32-36-16-20-40(21-17-36)51(64)38-11-5-2-6-12-38)31-44(30-42)71-33-37-18-22-41(23-19-37)52(65)39-13-7-3-8-14-39/h2-3,5-8,11-14,16-23,29-31,35,45,49-50H,4,9-10,15,24-28,32-34H2,1H3,(H2,57,66)(H,58,67)(H,59,63). The number of ether oxygens (including phenoxy) is 2. The van der Waals surface area contributed by atoms with Crippen LogP contribution in [0.2, 0.25) is 0 Å². The summed E-state index contributed by atoms with van der Waals surface area (Å²) >= 11 is 1.31. The Morgan fingerprint density at radius 1 is 0.653 bits per heavy atom. The van der Waals surface area contributed by atoms with Crippen LogP contribution in [-0.4, -0.2) is 88.2 Å². The van der Waals surface area contributed by atoms with Gasteiger partial charge in [0.15, 0.2) is 23.1 Å². The Bertz CT molecular complexity index is 2670. The van der Waals surface area contributed by atoms with Gasteiger partial charge in [-0.05, 0) is 36.1 Å². The number of hydrogen-bond donors (Lipinski definition) is 3. The second-order valence-electron chi connectivity index (χ2n) is 17.8. The molecule has 72 heavy (non-hydrogen) atoms. The molecule has 7 rings (SSSR count). The van der Waals surface area contributed by atoms with E-state index in [0.29, 0.717) is 58.8 Å². The molecule has 15 nitrogen and oxygen atoms in total. The average molecular weight is 993 g/mol. The number of carbonyl (C=O) groups is 9. The number of likely N-dealkylation sites (tertiary alicyclic amines) is 1. The molecular formula is C56H56N4O11S. The third-order valence-corrected chi connectivity index (χ3v) is 13.8. The van der Waals surface area contributed by atoms with Gasteiger partial charge in [0.2, 0.25) is 23.6 Å². The van der Waals surface area contributed by atoms with Crippen molar-refractivity contribution in [1.29, 1.82) is 0 Å². The Balaban J connectivity index is 0.923. The maximum atomic E-state index is 13.7. The predicted octanol–water partition coefficient (Wildman–Crippen LogP) is 6.47. The summed E-state index contributed by atoms with van der Waals surface area (Å²) in [4.78, 5) is 116. The van der Waals surface area contributed by atoms with Crippen LogP contribution in [0.1, 0.15) is 98.8 Å². The summed E-state index contributed by atoms with van der Waals surface area (Å²) in [6, 6.07) is 35.9. The van der Waals surface area contributed by atoms with Crippen LogP contribution >= 0.6 is 11.8 Å². The average Bonchev–Trinajstić information content (AvgIpc) is 3.82. The number of rotatable bonds is 25. The van der Waals surface area contributed by atoms with E-state index >= 15 is 0 Å². The highest BCUT2D eigenvalue weighted by Gasteiger charge is 2.49. The topological polar surface area (TPSA) is 225 Å². The number of hydrogen-bond acceptors (Lipinski definition) is 12. The van der Waals surface area contributed by atoms with Gasteiger partial charge in [0.05, 0.1) is 11.8 Å². The molecule has 5 aromatic carbocycles. The smallest absolute Gasteiger partial charge is 0.251 e. The van der Waals surface area contributed by atoms with E-state index in [1.54, 1.807) is 97.9 Å². The van der Waals surface area contributed by atoms with Crippen molar-refractivity contribution in [2.45, 2.75) is 64.7 Å². The van der Waals surface area contributed by atoms with Crippen LogP contribution in [0.15, 0.2) is 127 Å². The highest BCUT2D eigenvalue weighted by Crippen LogP contribution is 2.34. The third kappa shape index (κ3) is 13.6. The van der Waals surface area contributed by atoms with E-state index in [2.05, 4.69) is 10.6 Å². The Labute approximate surface area is 421 Å². The van der Waals surface area contributed by atoms with Crippen LogP contribution in [0.5, 0.6) is 11.5 Å². The first-order valence-corrected chi connectivity index (χ1v) is 25.1. The summed E-state index contributed by atoms with van der Waals surface area (Å²) in [7, 11) is 0. The van der Waals surface area contributed by atoms with Crippen molar-refractivity contribution >= 4 is 64.4 Å². The first-order valence-electron chi connectivity index (χ1n) is 23.9. The molecule has 1 saturated heterocycles. The van der Waals surface area contributed by atoms with E-state index in [9.17, 15) is 43.2 Å².